The summed E-state index contributed by atoms with van der Waals surface area (Å²) in [5.41, 5.74) is 1.40. The maximum Gasteiger partial charge on any atom is 0.494 e. The zero-order valence-electron chi connectivity index (χ0n) is 32.9. The molecule has 0 aliphatic heterocycles. The van der Waals surface area contributed by atoms with Crippen molar-refractivity contribution in [3.8, 4) is 11.1 Å². The molecule has 2 aromatic rings. The van der Waals surface area contributed by atoms with E-state index in [2.05, 4.69) is 58.0 Å². The Hall–Kier alpha value is -1.67. The average molecular weight is 679 g/mol. The molecule has 2 unspecified atom stereocenters. The van der Waals surface area contributed by atoms with E-state index in [1.54, 1.807) is 27.7 Å². The SMILES string of the molecule is CCCCC(CC)CC1(CC(CC)CCCC)c2cc(B(O)O)ccc2-c2ccc(B(OC(C)(C)C(C)(C)O)OC(C)(C)C(C)(C)O)cc21. The highest BCUT2D eigenvalue weighted by atomic mass is 16.6. The Morgan fingerprint density at radius 3 is 1.37 bits per heavy atom. The lowest BCUT2D eigenvalue weighted by Gasteiger charge is -2.44. The molecular weight excluding hydrogens is 610 g/mol. The third kappa shape index (κ3) is 9.42. The van der Waals surface area contributed by atoms with Crippen molar-refractivity contribution in [1.82, 2.24) is 0 Å². The quantitative estimate of drug-likeness (QED) is 0.107. The molecule has 4 N–H and O–H groups in total. The molecule has 8 heteroatoms. The van der Waals surface area contributed by atoms with Crippen LogP contribution in [0.2, 0.25) is 0 Å². The minimum atomic E-state index is -1.55. The third-order valence-electron chi connectivity index (χ3n) is 12.1. The van der Waals surface area contributed by atoms with E-state index in [1.165, 1.54) is 24.0 Å². The standard InChI is InChI=1S/C41H68B2O6/c1-13-17-19-29(15-3)27-41(28-30(16-4)20-18-14-2)35-25-31(42(46)47)21-23-33(35)34-24-22-32(26-36(34)41)43(48-39(9,10)37(5,6)44)49-40(11,12)38(7,8)45/h21-26,29-30,44-47H,13-20,27-28H2,1-12H3. The summed E-state index contributed by atoms with van der Waals surface area (Å²) >= 11 is 0. The van der Waals surface area contributed by atoms with E-state index in [9.17, 15) is 20.3 Å². The van der Waals surface area contributed by atoms with Gasteiger partial charge >= 0.3 is 14.2 Å². The van der Waals surface area contributed by atoms with Gasteiger partial charge in [0.05, 0.1) is 22.4 Å². The van der Waals surface area contributed by atoms with Crippen molar-refractivity contribution >= 4 is 25.2 Å². The molecule has 0 bridgehead atoms. The van der Waals surface area contributed by atoms with Crippen molar-refractivity contribution in [2.45, 2.75) is 175 Å². The Bertz CT molecular complexity index is 1310. The fourth-order valence-corrected chi connectivity index (χ4v) is 7.22. The van der Waals surface area contributed by atoms with Crippen molar-refractivity contribution in [2.24, 2.45) is 11.8 Å². The monoisotopic (exact) mass is 679 g/mol. The predicted molar refractivity (Wildman–Crippen MR) is 207 cm³/mol. The van der Waals surface area contributed by atoms with Crippen molar-refractivity contribution in [1.29, 1.82) is 0 Å². The molecule has 0 radical (unpaired) electrons. The van der Waals surface area contributed by atoms with Crippen molar-refractivity contribution in [2.75, 3.05) is 0 Å². The molecule has 0 spiro atoms. The van der Waals surface area contributed by atoms with Gasteiger partial charge in [0.1, 0.15) is 0 Å². The van der Waals surface area contributed by atoms with Crippen LogP contribution in [0.5, 0.6) is 0 Å². The van der Waals surface area contributed by atoms with Crippen LogP contribution in [0.1, 0.15) is 158 Å². The van der Waals surface area contributed by atoms with Gasteiger partial charge in [-0.1, -0.05) is 115 Å². The van der Waals surface area contributed by atoms with Crippen LogP contribution in [0.15, 0.2) is 36.4 Å². The molecule has 1 aliphatic carbocycles. The summed E-state index contributed by atoms with van der Waals surface area (Å²) in [7, 11) is -2.43. The van der Waals surface area contributed by atoms with Gasteiger partial charge in [-0.15, -0.1) is 0 Å². The second-order valence-electron chi connectivity index (χ2n) is 17.0. The fourth-order valence-electron chi connectivity index (χ4n) is 7.22. The first kappa shape index (κ1) is 41.7. The van der Waals surface area contributed by atoms with Crippen LogP contribution in [0.4, 0.5) is 0 Å². The maximum atomic E-state index is 11.1. The van der Waals surface area contributed by atoms with E-state index in [0.717, 1.165) is 68.0 Å². The number of fused-ring (bicyclic) bond motifs is 3. The van der Waals surface area contributed by atoms with Crippen LogP contribution in [-0.4, -0.2) is 56.9 Å². The lowest BCUT2D eigenvalue weighted by molar-refractivity contribution is -0.131. The van der Waals surface area contributed by atoms with Crippen molar-refractivity contribution in [3.63, 3.8) is 0 Å². The van der Waals surface area contributed by atoms with Crippen LogP contribution in [-0.2, 0) is 14.7 Å². The zero-order valence-corrected chi connectivity index (χ0v) is 32.9. The molecule has 274 valence electrons. The van der Waals surface area contributed by atoms with Gasteiger partial charge in [0, 0.05) is 5.41 Å². The first-order valence-electron chi connectivity index (χ1n) is 19.1. The van der Waals surface area contributed by atoms with Crippen molar-refractivity contribution in [3.05, 3.63) is 47.5 Å². The first-order chi connectivity index (χ1) is 22.7. The average Bonchev–Trinajstić information content (AvgIpc) is 3.27. The van der Waals surface area contributed by atoms with Gasteiger partial charge < -0.3 is 29.6 Å². The molecule has 0 amide bonds. The molecule has 0 saturated heterocycles. The molecule has 6 nitrogen and oxygen atoms in total. The van der Waals surface area contributed by atoms with E-state index < -0.39 is 36.6 Å². The van der Waals surface area contributed by atoms with E-state index in [4.69, 9.17) is 9.31 Å². The van der Waals surface area contributed by atoms with Gasteiger partial charge in [-0.25, -0.2) is 0 Å². The van der Waals surface area contributed by atoms with Gasteiger partial charge in [-0.3, -0.25) is 0 Å². The molecule has 1 aliphatic rings. The minimum Gasteiger partial charge on any atom is -0.423 e. The lowest BCUT2D eigenvalue weighted by atomic mass is 9.63. The van der Waals surface area contributed by atoms with Gasteiger partial charge in [0.15, 0.2) is 0 Å². The van der Waals surface area contributed by atoms with Gasteiger partial charge in [0.2, 0.25) is 0 Å². The Kier molecular flexibility index (Phi) is 13.9. The van der Waals surface area contributed by atoms with Crippen LogP contribution in [0.25, 0.3) is 11.1 Å². The summed E-state index contributed by atoms with van der Waals surface area (Å²) in [6.45, 7) is 23.6. The summed E-state index contributed by atoms with van der Waals surface area (Å²) < 4.78 is 13.5. The Morgan fingerprint density at radius 1 is 0.633 bits per heavy atom. The second kappa shape index (κ2) is 16.3. The van der Waals surface area contributed by atoms with E-state index in [0.29, 0.717) is 17.3 Å². The number of rotatable bonds is 20. The Labute approximate surface area is 299 Å². The molecule has 0 aromatic heterocycles. The Morgan fingerprint density at radius 2 is 1.02 bits per heavy atom. The topological polar surface area (TPSA) is 99.4 Å². The predicted octanol–water partition coefficient (Wildman–Crippen LogP) is 7.67. The van der Waals surface area contributed by atoms with Gasteiger partial charge in [0.25, 0.3) is 0 Å². The molecule has 0 saturated carbocycles. The number of unbranched alkanes of at least 4 members (excludes halogenated alkanes) is 2. The summed E-state index contributed by atoms with van der Waals surface area (Å²) in [5.74, 6) is 1.00. The number of benzene rings is 2. The van der Waals surface area contributed by atoms with E-state index in [-0.39, 0.29) is 5.41 Å². The summed E-state index contributed by atoms with van der Waals surface area (Å²) in [6.07, 6.45) is 11.1. The van der Waals surface area contributed by atoms with Crippen LogP contribution in [0.3, 0.4) is 0 Å². The van der Waals surface area contributed by atoms with Gasteiger partial charge in [-0.05, 0) is 113 Å². The molecule has 3 rings (SSSR count). The van der Waals surface area contributed by atoms with Crippen LogP contribution < -0.4 is 10.9 Å². The second-order valence-corrected chi connectivity index (χ2v) is 17.0. The maximum absolute atomic E-state index is 11.1. The summed E-state index contributed by atoms with van der Waals surface area (Å²) in [6, 6.07) is 12.5. The zero-order chi connectivity index (χ0) is 37.0. The van der Waals surface area contributed by atoms with E-state index >= 15 is 0 Å². The fraction of sp³-hybridized carbons (Fsp3) is 0.707. The molecule has 49 heavy (non-hydrogen) atoms. The Balaban J connectivity index is 2.37. The van der Waals surface area contributed by atoms with Gasteiger partial charge in [-0.2, -0.15) is 0 Å². The normalized spacial score (nSPS) is 17.9. The highest BCUT2D eigenvalue weighted by Crippen LogP contribution is 2.56. The molecule has 2 aromatic carbocycles. The first-order valence-corrected chi connectivity index (χ1v) is 19.1. The molecule has 2 atom stereocenters. The summed E-state index contributed by atoms with van der Waals surface area (Å²) in [4.78, 5) is 0. The molecule has 0 fully saturated rings. The largest absolute Gasteiger partial charge is 0.494 e. The van der Waals surface area contributed by atoms with Crippen LogP contribution in [0, 0.1) is 11.8 Å². The third-order valence-corrected chi connectivity index (χ3v) is 12.1. The van der Waals surface area contributed by atoms with E-state index in [1.807, 2.05) is 33.8 Å². The molecular formula is C41H68B2O6. The smallest absolute Gasteiger partial charge is 0.423 e. The summed E-state index contributed by atoms with van der Waals surface area (Å²) in [5, 5.41) is 43.1. The number of aliphatic hydroxyl groups is 2. The van der Waals surface area contributed by atoms with Crippen LogP contribution >= 0.6 is 0 Å². The molecule has 0 heterocycles. The highest BCUT2D eigenvalue weighted by molar-refractivity contribution is 6.61. The minimum absolute atomic E-state index is 0.351. The highest BCUT2D eigenvalue weighted by Gasteiger charge is 2.49. The number of hydrogen-bond donors (Lipinski definition) is 4. The van der Waals surface area contributed by atoms with Crippen molar-refractivity contribution < 1.29 is 29.6 Å². The lowest BCUT2D eigenvalue weighted by Crippen LogP contribution is -2.59. The number of hydrogen-bond acceptors (Lipinski definition) is 6.